The van der Waals surface area contributed by atoms with Gasteiger partial charge in [0.25, 0.3) is 5.91 Å². The van der Waals surface area contributed by atoms with Gasteiger partial charge in [-0.25, -0.2) is 4.98 Å². The molecule has 5 rings (SSSR count). The molecule has 0 unspecified atom stereocenters. The third-order valence-electron chi connectivity index (χ3n) is 9.01. The fraction of sp³-hybridized carbons (Fsp3) is 0.317. The Kier molecular flexibility index (Phi) is 13.1. The number of nitrogens with two attached hydrogens (primary N) is 1. The molecule has 0 fully saturated rings. The molecule has 1 amide bonds. The number of alkyl halides is 6. The second-order valence-electron chi connectivity index (χ2n) is 12.8. The van der Waals surface area contributed by atoms with Crippen molar-refractivity contribution in [3.05, 3.63) is 113 Å². The highest BCUT2D eigenvalue weighted by Crippen LogP contribution is 2.42. The van der Waals surface area contributed by atoms with Crippen molar-refractivity contribution in [1.29, 1.82) is 0 Å². The van der Waals surface area contributed by atoms with Gasteiger partial charge in [-0.1, -0.05) is 37.8 Å². The van der Waals surface area contributed by atoms with Gasteiger partial charge < -0.3 is 25.1 Å². The summed E-state index contributed by atoms with van der Waals surface area (Å²) in [6.45, 7) is 1.20. The number of nitrogens with one attached hydrogen (secondary N) is 1. The van der Waals surface area contributed by atoms with Crippen LogP contribution in [0.1, 0.15) is 65.6 Å². The predicted octanol–water partition coefficient (Wildman–Crippen LogP) is 10.0. The number of rotatable bonds is 16. The monoisotopic (exact) mass is 752 g/mol. The van der Waals surface area contributed by atoms with E-state index in [1.807, 2.05) is 0 Å². The molecule has 0 aliphatic heterocycles. The van der Waals surface area contributed by atoms with Crippen LogP contribution in [0.5, 0.6) is 11.5 Å². The number of hydrogen-bond acceptors (Lipinski definition) is 5. The van der Waals surface area contributed by atoms with Gasteiger partial charge in [-0.2, -0.15) is 26.3 Å². The molecule has 0 saturated heterocycles. The van der Waals surface area contributed by atoms with Gasteiger partial charge in [-0.3, -0.25) is 4.79 Å². The van der Waals surface area contributed by atoms with Crippen LogP contribution in [0.15, 0.2) is 91.0 Å². The molecule has 1 aromatic heterocycles. The Hall–Kier alpha value is -5.30. The summed E-state index contributed by atoms with van der Waals surface area (Å²) in [5, 5.41) is 2.93. The van der Waals surface area contributed by atoms with E-state index in [-0.39, 0.29) is 29.9 Å². The Labute approximate surface area is 310 Å². The molecule has 0 bridgehead atoms. The van der Waals surface area contributed by atoms with Crippen LogP contribution in [0.2, 0.25) is 0 Å². The zero-order chi connectivity index (χ0) is 38.9. The third kappa shape index (κ3) is 10.0. The minimum atomic E-state index is -5.06. The van der Waals surface area contributed by atoms with Gasteiger partial charge in [0, 0.05) is 35.3 Å². The molecule has 0 aliphatic carbocycles. The van der Waals surface area contributed by atoms with Crippen LogP contribution in [-0.4, -0.2) is 42.8 Å². The Morgan fingerprint density at radius 1 is 0.685 bits per heavy atom. The number of aromatic nitrogens is 2. The van der Waals surface area contributed by atoms with E-state index in [4.69, 9.17) is 20.2 Å². The standard InChI is InChI=1S/C41H42F6N4O3/c1-53-34-17-13-28(14-18-34)36-37(29-15-19-35(54-2)20-16-29)51(38(50-36)31-23-32(40(42,43)44)25-33(24-31)41(45,46)47)26-27-9-11-30(12-10-27)39(52)49-22-8-6-4-3-5-7-21-48/h9-20,23-25H,3-8,21-22,26,48H2,1-2H3,(H,49,52). The minimum absolute atomic E-state index is 0.0104. The van der Waals surface area contributed by atoms with Crippen molar-refractivity contribution in [2.75, 3.05) is 27.3 Å². The first-order valence-corrected chi connectivity index (χ1v) is 17.6. The zero-order valence-corrected chi connectivity index (χ0v) is 30.0. The first-order valence-electron chi connectivity index (χ1n) is 17.6. The van der Waals surface area contributed by atoms with Crippen molar-refractivity contribution < 1.29 is 40.6 Å². The fourth-order valence-electron chi connectivity index (χ4n) is 6.13. The Balaban J connectivity index is 1.58. The van der Waals surface area contributed by atoms with Gasteiger partial charge in [0.15, 0.2) is 0 Å². The lowest BCUT2D eigenvalue weighted by Gasteiger charge is -2.17. The molecular formula is C41H42F6N4O3. The zero-order valence-electron chi connectivity index (χ0n) is 30.0. The lowest BCUT2D eigenvalue weighted by atomic mass is 10.0. The highest BCUT2D eigenvalue weighted by Gasteiger charge is 2.38. The molecule has 0 saturated carbocycles. The Morgan fingerprint density at radius 3 is 1.72 bits per heavy atom. The van der Waals surface area contributed by atoms with Crippen molar-refractivity contribution in [3.8, 4) is 45.4 Å². The van der Waals surface area contributed by atoms with Crippen LogP contribution in [0, 0.1) is 0 Å². The summed E-state index contributed by atoms with van der Waals surface area (Å²) in [6, 6.07) is 21.8. The quantitative estimate of drug-likeness (QED) is 0.0774. The lowest BCUT2D eigenvalue weighted by Crippen LogP contribution is -2.24. The molecule has 286 valence electrons. The summed E-state index contributed by atoms with van der Waals surface area (Å²) in [7, 11) is 3.00. The number of halogens is 6. The number of imidazole rings is 1. The summed E-state index contributed by atoms with van der Waals surface area (Å²) < 4.78 is 96.7. The largest absolute Gasteiger partial charge is 0.497 e. The Morgan fingerprint density at radius 2 is 1.20 bits per heavy atom. The van der Waals surface area contributed by atoms with Gasteiger partial charge in [0.1, 0.15) is 17.3 Å². The molecule has 0 spiro atoms. The summed E-state index contributed by atoms with van der Waals surface area (Å²) in [6.07, 6.45) is -4.03. The van der Waals surface area contributed by atoms with Crippen molar-refractivity contribution in [3.63, 3.8) is 0 Å². The number of carbonyl (C=O) groups is 1. The maximum atomic E-state index is 14.1. The Bertz CT molecular complexity index is 1960. The predicted molar refractivity (Wildman–Crippen MR) is 196 cm³/mol. The topological polar surface area (TPSA) is 91.4 Å². The van der Waals surface area contributed by atoms with Gasteiger partial charge in [-0.15, -0.1) is 0 Å². The summed E-state index contributed by atoms with van der Waals surface area (Å²) in [4.78, 5) is 17.7. The van der Waals surface area contributed by atoms with Crippen LogP contribution in [0.4, 0.5) is 26.3 Å². The highest BCUT2D eigenvalue weighted by molar-refractivity contribution is 5.94. The van der Waals surface area contributed by atoms with E-state index < -0.39 is 23.5 Å². The number of nitrogens with zero attached hydrogens (tertiary/aromatic N) is 2. The van der Waals surface area contributed by atoms with E-state index in [1.165, 1.54) is 14.2 Å². The number of carbonyl (C=O) groups excluding carboxylic acids is 1. The number of benzene rings is 4. The van der Waals surface area contributed by atoms with Crippen LogP contribution in [-0.2, 0) is 18.9 Å². The molecule has 1 heterocycles. The van der Waals surface area contributed by atoms with Crippen LogP contribution in [0.25, 0.3) is 33.9 Å². The molecule has 0 atom stereocenters. The number of methoxy groups -OCH3 is 2. The maximum absolute atomic E-state index is 14.1. The van der Waals surface area contributed by atoms with Crippen LogP contribution < -0.4 is 20.5 Å². The first-order chi connectivity index (χ1) is 25.8. The summed E-state index contributed by atoms with van der Waals surface area (Å²) >= 11 is 0. The molecule has 5 aromatic rings. The van der Waals surface area contributed by atoms with E-state index in [9.17, 15) is 31.1 Å². The smallest absolute Gasteiger partial charge is 0.416 e. The van der Waals surface area contributed by atoms with E-state index in [2.05, 4.69) is 5.32 Å². The highest BCUT2D eigenvalue weighted by atomic mass is 19.4. The summed E-state index contributed by atoms with van der Waals surface area (Å²) in [5.41, 5.74) is 5.18. The third-order valence-corrected chi connectivity index (χ3v) is 9.01. The second-order valence-corrected chi connectivity index (χ2v) is 12.8. The second kappa shape index (κ2) is 17.7. The number of amides is 1. The molecule has 54 heavy (non-hydrogen) atoms. The van der Waals surface area contributed by atoms with Crippen LogP contribution >= 0.6 is 0 Å². The van der Waals surface area contributed by atoms with Gasteiger partial charge in [0.2, 0.25) is 0 Å². The molecule has 7 nitrogen and oxygen atoms in total. The van der Waals surface area contributed by atoms with E-state index in [0.29, 0.717) is 70.4 Å². The lowest BCUT2D eigenvalue weighted by molar-refractivity contribution is -0.143. The molecule has 0 aliphatic rings. The van der Waals surface area contributed by atoms with E-state index >= 15 is 0 Å². The molecular weight excluding hydrogens is 710 g/mol. The molecule has 13 heteroatoms. The molecule has 3 N–H and O–H groups in total. The molecule has 4 aromatic carbocycles. The maximum Gasteiger partial charge on any atom is 0.416 e. The van der Waals surface area contributed by atoms with Crippen molar-refractivity contribution >= 4 is 5.91 Å². The van der Waals surface area contributed by atoms with Gasteiger partial charge in [-0.05, 0) is 104 Å². The molecule has 0 radical (unpaired) electrons. The van der Waals surface area contributed by atoms with E-state index in [0.717, 1.165) is 38.5 Å². The van der Waals surface area contributed by atoms with Crippen molar-refractivity contribution in [1.82, 2.24) is 14.9 Å². The minimum Gasteiger partial charge on any atom is -0.497 e. The summed E-state index contributed by atoms with van der Waals surface area (Å²) in [5.74, 6) is 0.713. The SMILES string of the molecule is COc1ccc(-c2nc(-c3cc(C(F)(F)F)cc(C(F)(F)F)c3)n(Cc3ccc(C(=O)NCCCCCCCCN)cc3)c2-c2ccc(OC)cc2)cc1. The van der Waals surface area contributed by atoms with E-state index in [1.54, 1.807) is 77.4 Å². The van der Waals surface area contributed by atoms with Crippen LogP contribution in [0.3, 0.4) is 0 Å². The average Bonchev–Trinajstić information content (AvgIpc) is 3.54. The normalized spacial score (nSPS) is 11.8. The fourth-order valence-corrected chi connectivity index (χ4v) is 6.13. The average molecular weight is 753 g/mol. The van der Waals surface area contributed by atoms with Crippen molar-refractivity contribution in [2.24, 2.45) is 5.73 Å². The first kappa shape index (κ1) is 39.9. The number of ether oxygens (including phenoxy) is 2. The van der Waals surface area contributed by atoms with Gasteiger partial charge >= 0.3 is 12.4 Å². The number of hydrogen-bond donors (Lipinski definition) is 2. The number of unbranched alkanes of at least 4 members (excludes halogenated alkanes) is 5. The van der Waals surface area contributed by atoms with Crippen molar-refractivity contribution in [2.45, 2.75) is 57.4 Å². The van der Waals surface area contributed by atoms with Gasteiger partial charge in [0.05, 0.1) is 36.7 Å².